The summed E-state index contributed by atoms with van der Waals surface area (Å²) < 4.78 is 88.0. The predicted octanol–water partition coefficient (Wildman–Crippen LogP) is 4.72. The van der Waals surface area contributed by atoms with Crippen molar-refractivity contribution in [3.8, 4) is 28.1 Å². The molecule has 0 amide bonds. The predicted molar refractivity (Wildman–Crippen MR) is 125 cm³/mol. The Labute approximate surface area is 225 Å². The molecule has 5 aromatic rings. The zero-order valence-electron chi connectivity index (χ0n) is 19.8. The minimum absolute atomic E-state index is 0.0426. The zero-order valence-corrected chi connectivity index (χ0v) is 20.5. The Hall–Kier alpha value is -4.38. The van der Waals surface area contributed by atoms with Crippen molar-refractivity contribution in [1.29, 1.82) is 0 Å². The summed E-state index contributed by atoms with van der Waals surface area (Å²) in [7, 11) is 0. The molecule has 0 fully saturated rings. The number of pyridine rings is 1. The highest BCUT2D eigenvalue weighted by Crippen LogP contribution is 2.34. The lowest BCUT2D eigenvalue weighted by atomic mass is 10.0. The molecule has 11 nitrogen and oxygen atoms in total. The zero-order chi connectivity index (χ0) is 28.4. The number of halogens is 7. The summed E-state index contributed by atoms with van der Waals surface area (Å²) in [5.74, 6) is -2.00. The maximum Gasteiger partial charge on any atom is 0.345 e. The number of alkyl halides is 4. The second kappa shape index (κ2) is 11.4. The van der Waals surface area contributed by atoms with Crippen LogP contribution in [0.15, 0.2) is 49.2 Å². The van der Waals surface area contributed by atoms with Gasteiger partial charge in [0.15, 0.2) is 5.82 Å². The van der Waals surface area contributed by atoms with Crippen LogP contribution in [-0.2, 0) is 4.74 Å². The highest BCUT2D eigenvalue weighted by Gasteiger charge is 2.25. The Balaban J connectivity index is 1.51. The van der Waals surface area contributed by atoms with Gasteiger partial charge in [-0.2, -0.15) is 36.4 Å². The molecule has 0 saturated carbocycles. The molecule has 1 aromatic carbocycles. The van der Waals surface area contributed by atoms with Crippen molar-refractivity contribution < 1.29 is 31.1 Å². The maximum absolute atomic E-state index is 15.1. The van der Waals surface area contributed by atoms with Crippen molar-refractivity contribution in [2.75, 3.05) is 6.61 Å². The Morgan fingerprint density at radius 3 is 2.48 bits per heavy atom. The quantitative estimate of drug-likeness (QED) is 0.217. The molecule has 0 N–H and O–H groups in total. The van der Waals surface area contributed by atoms with Gasteiger partial charge in [0.05, 0.1) is 35.2 Å². The Morgan fingerprint density at radius 1 is 0.975 bits per heavy atom. The molecule has 0 spiro atoms. The molecular formula is C22H15ClF6N10O. The van der Waals surface area contributed by atoms with Gasteiger partial charge in [0, 0.05) is 29.1 Å². The van der Waals surface area contributed by atoms with Crippen molar-refractivity contribution in [1.82, 2.24) is 50.0 Å². The molecular weight excluding hydrogens is 570 g/mol. The fourth-order valence-corrected chi connectivity index (χ4v) is 4.16. The number of tetrazole rings is 1. The monoisotopic (exact) mass is 584 g/mol. The van der Waals surface area contributed by atoms with E-state index in [0.29, 0.717) is 0 Å². The van der Waals surface area contributed by atoms with Gasteiger partial charge in [-0.1, -0.05) is 28.0 Å². The molecule has 1 atom stereocenters. The van der Waals surface area contributed by atoms with Crippen LogP contribution in [0.3, 0.4) is 0 Å². The number of nitrogens with zero attached hydrogens (tertiary/aromatic N) is 10. The summed E-state index contributed by atoms with van der Waals surface area (Å²) in [5, 5.41) is 20.9. The second-order valence-corrected chi connectivity index (χ2v) is 8.48. The van der Waals surface area contributed by atoms with Crippen molar-refractivity contribution in [3.05, 3.63) is 71.7 Å². The third kappa shape index (κ3) is 5.37. The maximum atomic E-state index is 15.1. The van der Waals surface area contributed by atoms with Crippen LogP contribution >= 0.6 is 11.6 Å². The van der Waals surface area contributed by atoms with Crippen molar-refractivity contribution in [2.45, 2.75) is 25.6 Å². The lowest BCUT2D eigenvalue weighted by molar-refractivity contribution is -0.130. The van der Waals surface area contributed by atoms with E-state index >= 15 is 4.39 Å². The Bertz CT molecular complexity index is 1590. The van der Waals surface area contributed by atoms with Crippen LogP contribution in [0.5, 0.6) is 0 Å². The van der Waals surface area contributed by atoms with Crippen molar-refractivity contribution >= 4 is 11.6 Å². The van der Waals surface area contributed by atoms with E-state index < -0.39 is 43.3 Å². The van der Waals surface area contributed by atoms with Crippen molar-refractivity contribution in [2.24, 2.45) is 0 Å². The average Bonchev–Trinajstić information content (AvgIpc) is 3.69. The number of aromatic nitrogens is 10. The van der Waals surface area contributed by atoms with Crippen LogP contribution in [0.2, 0.25) is 5.02 Å². The summed E-state index contributed by atoms with van der Waals surface area (Å²) >= 11 is 6.00. The SMILES string of the molecule is Fc1nnn(C(F)F)c1-c1cnn(C(CCOC(F)F)c2ccc(-c3c(-n4cnnn4)ccc(Cl)c3F)cn2)c1. The average molecular weight is 585 g/mol. The number of hydrogen-bond acceptors (Lipinski definition) is 8. The molecule has 40 heavy (non-hydrogen) atoms. The van der Waals surface area contributed by atoms with Crippen LogP contribution in [0.4, 0.5) is 26.3 Å². The molecule has 4 aromatic heterocycles. The normalized spacial score (nSPS) is 12.5. The fourth-order valence-electron chi connectivity index (χ4n) is 4.01. The summed E-state index contributed by atoms with van der Waals surface area (Å²) in [6.45, 7) is -6.65. The van der Waals surface area contributed by atoms with E-state index in [0.717, 1.165) is 6.20 Å². The van der Waals surface area contributed by atoms with E-state index in [1.54, 1.807) is 0 Å². The Kier molecular flexibility index (Phi) is 7.74. The fraction of sp³-hybridized carbons (Fsp3) is 0.227. The summed E-state index contributed by atoms with van der Waals surface area (Å²) in [6.07, 6.45) is 4.80. The molecule has 0 bridgehead atoms. The van der Waals surface area contributed by atoms with E-state index in [4.69, 9.17) is 11.6 Å². The molecule has 1 unspecified atom stereocenters. The lowest BCUT2D eigenvalue weighted by Crippen LogP contribution is -2.16. The molecule has 4 heterocycles. The van der Waals surface area contributed by atoms with Gasteiger partial charge >= 0.3 is 13.2 Å². The number of benzene rings is 1. The first-order valence-electron chi connectivity index (χ1n) is 11.3. The highest BCUT2D eigenvalue weighted by atomic mass is 35.5. The first-order valence-corrected chi connectivity index (χ1v) is 11.6. The van der Waals surface area contributed by atoms with Gasteiger partial charge in [0.25, 0.3) is 5.95 Å². The van der Waals surface area contributed by atoms with Gasteiger partial charge in [-0.15, -0.1) is 5.10 Å². The third-order valence-electron chi connectivity index (χ3n) is 5.75. The first-order chi connectivity index (χ1) is 19.2. The number of ether oxygens (including phenoxy) is 1. The number of rotatable bonds is 10. The smallest absolute Gasteiger partial charge is 0.323 e. The molecule has 0 radical (unpaired) electrons. The van der Waals surface area contributed by atoms with Crippen LogP contribution in [0, 0.1) is 11.8 Å². The standard InChI is InChI=1S/C22H15ClF6N10O/c23-13-2-4-16(38-10-31-34-36-38)17(18(13)24)11-1-3-14(30-7-11)15(5-6-40-22(28)29)37-9-12(8-32-37)19-20(25)33-35-39(19)21(26)27/h1-4,7-10,15,21-22H,5-6H2. The van der Waals surface area contributed by atoms with E-state index in [2.05, 4.69) is 40.7 Å². The highest BCUT2D eigenvalue weighted by molar-refractivity contribution is 6.31. The van der Waals surface area contributed by atoms with Gasteiger partial charge in [-0.05, 0) is 35.0 Å². The van der Waals surface area contributed by atoms with Gasteiger partial charge in [0.2, 0.25) is 0 Å². The van der Waals surface area contributed by atoms with Crippen LogP contribution < -0.4 is 0 Å². The summed E-state index contributed by atoms with van der Waals surface area (Å²) in [5.41, 5.74) is 0.160. The molecule has 0 aliphatic rings. The minimum atomic E-state index is -3.18. The van der Waals surface area contributed by atoms with Gasteiger partial charge in [-0.25, -0.2) is 4.39 Å². The Morgan fingerprint density at radius 2 is 1.80 bits per heavy atom. The van der Waals surface area contributed by atoms with Crippen molar-refractivity contribution in [3.63, 3.8) is 0 Å². The van der Waals surface area contributed by atoms with Crippen LogP contribution in [0.1, 0.15) is 24.7 Å². The van der Waals surface area contributed by atoms with Crippen LogP contribution in [-0.4, -0.2) is 63.2 Å². The van der Waals surface area contributed by atoms with Gasteiger partial charge in [0.1, 0.15) is 12.0 Å². The van der Waals surface area contributed by atoms with E-state index in [1.807, 2.05) is 0 Å². The molecule has 0 saturated heterocycles. The first kappa shape index (κ1) is 27.2. The molecule has 18 heteroatoms. The third-order valence-corrected chi connectivity index (χ3v) is 6.04. The molecule has 0 aliphatic heterocycles. The lowest BCUT2D eigenvalue weighted by Gasteiger charge is -2.18. The topological polar surface area (TPSA) is 114 Å². The number of hydrogen-bond donors (Lipinski definition) is 0. The van der Waals surface area contributed by atoms with Gasteiger partial charge in [-0.3, -0.25) is 9.67 Å². The van der Waals surface area contributed by atoms with Crippen LogP contribution in [0.25, 0.3) is 28.1 Å². The van der Waals surface area contributed by atoms with Gasteiger partial charge < -0.3 is 4.74 Å². The van der Waals surface area contributed by atoms with E-state index in [-0.39, 0.29) is 44.2 Å². The largest absolute Gasteiger partial charge is 0.345 e. The van der Waals surface area contributed by atoms with E-state index in [9.17, 15) is 22.0 Å². The van der Waals surface area contributed by atoms with E-state index in [1.165, 1.54) is 52.4 Å². The molecule has 208 valence electrons. The summed E-state index contributed by atoms with van der Waals surface area (Å²) in [6, 6.07) is 4.97. The molecule has 5 rings (SSSR count). The minimum Gasteiger partial charge on any atom is -0.323 e. The second-order valence-electron chi connectivity index (χ2n) is 8.08. The molecule has 0 aliphatic carbocycles. The summed E-state index contributed by atoms with van der Waals surface area (Å²) in [4.78, 5) is 4.36.